The molecule has 0 aliphatic heterocycles. The molecule has 1 heterocycles. The summed E-state index contributed by atoms with van der Waals surface area (Å²) in [5.41, 5.74) is 0.559. The smallest absolute Gasteiger partial charge is 0.348 e. The Bertz CT molecular complexity index is 982. The van der Waals surface area contributed by atoms with Crippen LogP contribution in [0.2, 0.25) is 0 Å². The molecule has 1 N–H and O–H groups in total. The molecule has 1 aromatic carbocycles. The molecule has 0 unspecified atom stereocenters. The van der Waals surface area contributed by atoms with Gasteiger partial charge in [0.1, 0.15) is 21.2 Å². The van der Waals surface area contributed by atoms with Crippen LogP contribution in [-0.2, 0) is 19.0 Å². The van der Waals surface area contributed by atoms with Gasteiger partial charge in [0, 0.05) is 0 Å². The molecular weight excluding hydrogens is 426 g/mol. The van der Waals surface area contributed by atoms with Gasteiger partial charge in [0.05, 0.1) is 25.9 Å². The molecule has 0 atom stereocenters. The number of carbonyl (C=O) groups is 4. The lowest BCUT2D eigenvalue weighted by Crippen LogP contribution is -2.22. The van der Waals surface area contributed by atoms with Gasteiger partial charge < -0.3 is 24.3 Å². The van der Waals surface area contributed by atoms with E-state index in [-0.39, 0.29) is 34.2 Å². The Morgan fingerprint density at radius 2 is 1.58 bits per heavy atom. The van der Waals surface area contributed by atoms with Crippen molar-refractivity contribution in [3.05, 3.63) is 45.8 Å². The molecule has 2 aromatic rings. The number of ether oxygens (including phenoxy) is 4. The third-order valence-corrected chi connectivity index (χ3v) is 5.19. The molecule has 31 heavy (non-hydrogen) atoms. The lowest BCUT2D eigenvalue weighted by molar-refractivity contribution is -0.119. The number of benzene rings is 1. The number of nitrogens with one attached hydrogen (secondary N) is 1. The van der Waals surface area contributed by atoms with Crippen molar-refractivity contribution < 1.29 is 38.1 Å². The van der Waals surface area contributed by atoms with Crippen LogP contribution in [0.1, 0.15) is 49.8 Å². The molecule has 0 radical (unpaired) electrons. The van der Waals surface area contributed by atoms with E-state index in [4.69, 9.17) is 18.9 Å². The second kappa shape index (κ2) is 11.1. The van der Waals surface area contributed by atoms with Crippen molar-refractivity contribution in [3.8, 4) is 5.75 Å². The molecule has 166 valence electrons. The number of thiophene rings is 1. The molecule has 0 fully saturated rings. The zero-order valence-electron chi connectivity index (χ0n) is 17.6. The summed E-state index contributed by atoms with van der Waals surface area (Å²) in [7, 11) is 1.41. The van der Waals surface area contributed by atoms with E-state index in [9.17, 15) is 19.2 Å². The number of esters is 3. The lowest BCUT2D eigenvalue weighted by Gasteiger charge is -2.09. The zero-order chi connectivity index (χ0) is 23.0. The van der Waals surface area contributed by atoms with Crippen LogP contribution in [0.15, 0.2) is 24.3 Å². The maximum atomic E-state index is 12.4. The minimum Gasteiger partial charge on any atom is -0.496 e. The number of hydrogen-bond acceptors (Lipinski definition) is 9. The first kappa shape index (κ1) is 23.9. The quantitative estimate of drug-likeness (QED) is 0.458. The van der Waals surface area contributed by atoms with Gasteiger partial charge in [-0.2, -0.15) is 0 Å². The number of rotatable bonds is 9. The molecule has 0 saturated heterocycles. The second-order valence-electron chi connectivity index (χ2n) is 6.03. The topological polar surface area (TPSA) is 117 Å². The predicted octanol–water partition coefficient (Wildman–Crippen LogP) is 3.21. The molecule has 1 aromatic heterocycles. The molecule has 0 aliphatic carbocycles. The monoisotopic (exact) mass is 449 g/mol. The number of methoxy groups -OCH3 is 1. The van der Waals surface area contributed by atoms with E-state index in [0.29, 0.717) is 11.3 Å². The fourth-order valence-electron chi connectivity index (χ4n) is 2.63. The van der Waals surface area contributed by atoms with Gasteiger partial charge in [-0.1, -0.05) is 12.1 Å². The zero-order valence-corrected chi connectivity index (χ0v) is 18.4. The second-order valence-corrected chi connectivity index (χ2v) is 7.05. The maximum Gasteiger partial charge on any atom is 0.348 e. The Morgan fingerprint density at radius 1 is 0.935 bits per heavy atom. The van der Waals surface area contributed by atoms with E-state index in [2.05, 4.69) is 5.32 Å². The Labute approximate surface area is 183 Å². The van der Waals surface area contributed by atoms with Crippen molar-refractivity contribution in [1.82, 2.24) is 0 Å². The average molecular weight is 449 g/mol. The summed E-state index contributed by atoms with van der Waals surface area (Å²) in [6.45, 7) is 4.53. The lowest BCUT2D eigenvalue weighted by atomic mass is 10.1. The van der Waals surface area contributed by atoms with E-state index >= 15 is 0 Å². The Hall–Kier alpha value is -3.40. The highest BCUT2D eigenvalue weighted by atomic mass is 32.1. The van der Waals surface area contributed by atoms with E-state index in [1.807, 2.05) is 0 Å². The van der Waals surface area contributed by atoms with Crippen molar-refractivity contribution in [2.45, 2.75) is 20.8 Å². The van der Waals surface area contributed by atoms with Crippen molar-refractivity contribution in [2.24, 2.45) is 0 Å². The summed E-state index contributed by atoms with van der Waals surface area (Å²) in [5, 5.41) is 2.61. The fourth-order valence-corrected chi connectivity index (χ4v) is 3.73. The van der Waals surface area contributed by atoms with Gasteiger partial charge >= 0.3 is 17.9 Å². The van der Waals surface area contributed by atoms with Crippen LogP contribution in [0, 0.1) is 6.92 Å². The van der Waals surface area contributed by atoms with Crippen LogP contribution in [0.4, 0.5) is 5.00 Å². The summed E-state index contributed by atoms with van der Waals surface area (Å²) in [4.78, 5) is 49.3. The first-order chi connectivity index (χ1) is 14.8. The summed E-state index contributed by atoms with van der Waals surface area (Å²) in [6.07, 6.45) is 0. The van der Waals surface area contributed by atoms with Crippen molar-refractivity contribution in [3.63, 3.8) is 0 Å². The van der Waals surface area contributed by atoms with Gasteiger partial charge in [-0.3, -0.25) is 4.79 Å². The third-order valence-electron chi connectivity index (χ3n) is 4.00. The van der Waals surface area contributed by atoms with Gasteiger partial charge in [-0.05, 0) is 38.5 Å². The highest BCUT2D eigenvalue weighted by Gasteiger charge is 2.27. The largest absolute Gasteiger partial charge is 0.496 e. The van der Waals surface area contributed by atoms with E-state index in [0.717, 1.165) is 11.3 Å². The summed E-state index contributed by atoms with van der Waals surface area (Å²) in [5.74, 6) is -2.42. The number of amides is 1. The minimum atomic E-state index is -0.743. The fraction of sp³-hybridized carbons (Fsp3) is 0.333. The van der Waals surface area contributed by atoms with E-state index < -0.39 is 30.4 Å². The third kappa shape index (κ3) is 5.82. The Balaban J connectivity index is 2.17. The van der Waals surface area contributed by atoms with Gasteiger partial charge in [0.25, 0.3) is 5.91 Å². The minimum absolute atomic E-state index is 0.0549. The van der Waals surface area contributed by atoms with Gasteiger partial charge in [0.15, 0.2) is 6.61 Å². The molecule has 0 saturated carbocycles. The van der Waals surface area contributed by atoms with Gasteiger partial charge in [-0.25, -0.2) is 14.4 Å². The van der Waals surface area contributed by atoms with Crippen LogP contribution >= 0.6 is 11.3 Å². The summed E-state index contributed by atoms with van der Waals surface area (Å²) < 4.78 is 20.2. The Morgan fingerprint density at radius 3 is 2.23 bits per heavy atom. The molecule has 9 nitrogen and oxygen atoms in total. The van der Waals surface area contributed by atoms with Crippen molar-refractivity contribution >= 4 is 40.2 Å². The van der Waals surface area contributed by atoms with E-state index in [1.54, 1.807) is 39.0 Å². The maximum absolute atomic E-state index is 12.4. The molecule has 2 rings (SSSR count). The number of carbonyl (C=O) groups excluding carboxylic acids is 4. The number of anilines is 1. The predicted molar refractivity (Wildman–Crippen MR) is 113 cm³/mol. The Kier molecular flexibility index (Phi) is 8.56. The first-order valence-electron chi connectivity index (χ1n) is 9.41. The number of hydrogen-bond donors (Lipinski definition) is 1. The average Bonchev–Trinajstić information content (AvgIpc) is 3.08. The van der Waals surface area contributed by atoms with Crippen LogP contribution in [0.5, 0.6) is 5.75 Å². The van der Waals surface area contributed by atoms with Crippen molar-refractivity contribution in [1.29, 1.82) is 0 Å². The van der Waals surface area contributed by atoms with Crippen LogP contribution in [-0.4, -0.2) is 50.7 Å². The summed E-state index contributed by atoms with van der Waals surface area (Å²) in [6, 6.07) is 6.43. The molecule has 10 heteroatoms. The standard InChI is InChI=1S/C21H23NO8S/c1-5-28-20(25)16-12(3)17(21(26)29-6-2)31-18(16)22-15(23)11-30-19(24)13-9-7-8-10-14(13)27-4/h7-10H,5-6,11H2,1-4H3,(H,22,23). The van der Waals surface area contributed by atoms with E-state index in [1.165, 1.54) is 13.2 Å². The summed E-state index contributed by atoms with van der Waals surface area (Å²) >= 11 is 0.886. The van der Waals surface area contributed by atoms with Crippen LogP contribution in [0.3, 0.4) is 0 Å². The molecule has 0 bridgehead atoms. The van der Waals surface area contributed by atoms with Crippen molar-refractivity contribution in [2.75, 3.05) is 32.2 Å². The van der Waals surface area contributed by atoms with Crippen LogP contribution in [0.25, 0.3) is 0 Å². The van der Waals surface area contributed by atoms with Gasteiger partial charge in [-0.15, -0.1) is 11.3 Å². The normalized spacial score (nSPS) is 10.2. The van der Waals surface area contributed by atoms with Crippen LogP contribution < -0.4 is 10.1 Å². The number of para-hydroxylation sites is 1. The van der Waals surface area contributed by atoms with Gasteiger partial charge in [0.2, 0.25) is 0 Å². The molecule has 0 spiro atoms. The molecule has 1 amide bonds. The highest BCUT2D eigenvalue weighted by Crippen LogP contribution is 2.34. The highest BCUT2D eigenvalue weighted by molar-refractivity contribution is 7.18. The molecular formula is C21H23NO8S. The SMILES string of the molecule is CCOC(=O)c1sc(NC(=O)COC(=O)c2ccccc2OC)c(C(=O)OCC)c1C. The molecule has 0 aliphatic rings. The first-order valence-corrected chi connectivity index (χ1v) is 10.2.